The number of nitrogens with two attached hydrogens (primary N) is 1. The van der Waals surface area contributed by atoms with Gasteiger partial charge in [-0.05, 0) is 44.0 Å². The van der Waals surface area contributed by atoms with Crippen molar-refractivity contribution in [3.63, 3.8) is 0 Å². The summed E-state index contributed by atoms with van der Waals surface area (Å²) < 4.78 is 1.80. The number of nitrogens with zero attached hydrogens (tertiary/aromatic N) is 2. The third kappa shape index (κ3) is 2.81. The van der Waals surface area contributed by atoms with E-state index in [1.165, 1.54) is 5.56 Å². The Labute approximate surface area is 141 Å². The fourth-order valence-electron chi connectivity index (χ4n) is 2.84. The highest BCUT2D eigenvalue weighted by Crippen LogP contribution is 2.28. The average molecular weight is 320 g/mol. The van der Waals surface area contributed by atoms with Crippen LogP contribution in [0.2, 0.25) is 0 Å². The number of nitrogen functional groups attached to an aromatic ring is 1. The molecular formula is C19H20N4O. The number of amides is 1. The monoisotopic (exact) mass is 320 g/mol. The van der Waals surface area contributed by atoms with E-state index >= 15 is 0 Å². The molecule has 5 nitrogen and oxygen atoms in total. The minimum Gasteiger partial charge on any atom is -0.289 e. The summed E-state index contributed by atoms with van der Waals surface area (Å²) in [5.74, 6) is 4.86. The highest BCUT2D eigenvalue weighted by atomic mass is 16.2. The molecular weight excluding hydrogens is 300 g/mol. The Balaban J connectivity index is 2.26. The van der Waals surface area contributed by atoms with Gasteiger partial charge in [0.05, 0.1) is 11.4 Å². The number of hydrogen-bond donors (Lipinski definition) is 2. The molecule has 1 aromatic heterocycles. The Morgan fingerprint density at radius 3 is 2.46 bits per heavy atom. The lowest BCUT2D eigenvalue weighted by Gasteiger charge is -2.12. The highest BCUT2D eigenvalue weighted by molar-refractivity contribution is 5.93. The number of nitrogens with one attached hydrogen (secondary N) is 1. The van der Waals surface area contributed by atoms with Crippen molar-refractivity contribution in [1.29, 1.82) is 0 Å². The smallest absolute Gasteiger partial charge is 0.285 e. The van der Waals surface area contributed by atoms with Gasteiger partial charge in [-0.3, -0.25) is 10.2 Å². The topological polar surface area (TPSA) is 72.9 Å². The molecule has 1 amide bonds. The number of hydrogen-bond acceptors (Lipinski definition) is 3. The predicted molar refractivity (Wildman–Crippen MR) is 94.9 cm³/mol. The molecule has 3 rings (SSSR count). The molecule has 0 unspecified atom stereocenters. The second-order valence-corrected chi connectivity index (χ2v) is 5.90. The Bertz CT molecular complexity index is 911. The molecule has 0 saturated carbocycles. The second-order valence-electron chi connectivity index (χ2n) is 5.90. The number of aromatic nitrogens is 2. The van der Waals surface area contributed by atoms with E-state index in [9.17, 15) is 4.79 Å². The Hall–Kier alpha value is -2.92. The molecule has 5 heteroatoms. The standard InChI is InChI=1S/C19H20N4O/c1-12-8-9-15(14(3)10-12)18-11-16(19(24)21-20)22-23(18)17-7-5-4-6-13(17)2/h4-11H,20H2,1-3H3,(H,21,24). The van der Waals surface area contributed by atoms with Gasteiger partial charge in [-0.15, -0.1) is 0 Å². The van der Waals surface area contributed by atoms with E-state index in [0.29, 0.717) is 0 Å². The van der Waals surface area contributed by atoms with Crippen LogP contribution in [0.15, 0.2) is 48.5 Å². The number of para-hydroxylation sites is 1. The van der Waals surface area contributed by atoms with E-state index < -0.39 is 5.91 Å². The van der Waals surface area contributed by atoms with Crippen LogP contribution in [-0.4, -0.2) is 15.7 Å². The molecule has 0 saturated heterocycles. The summed E-state index contributed by atoms with van der Waals surface area (Å²) in [4.78, 5) is 12.0. The molecule has 0 radical (unpaired) electrons. The molecule has 2 aromatic carbocycles. The molecule has 0 fully saturated rings. The summed E-state index contributed by atoms with van der Waals surface area (Å²) in [5.41, 5.74) is 8.66. The van der Waals surface area contributed by atoms with Gasteiger partial charge in [-0.25, -0.2) is 10.5 Å². The fourth-order valence-corrected chi connectivity index (χ4v) is 2.84. The van der Waals surface area contributed by atoms with Crippen LogP contribution >= 0.6 is 0 Å². The van der Waals surface area contributed by atoms with Crippen molar-refractivity contribution in [2.45, 2.75) is 20.8 Å². The van der Waals surface area contributed by atoms with Gasteiger partial charge in [0.25, 0.3) is 5.91 Å². The van der Waals surface area contributed by atoms with E-state index in [2.05, 4.69) is 42.6 Å². The first kappa shape index (κ1) is 16.0. The predicted octanol–water partition coefficient (Wildman–Crippen LogP) is 3.07. The summed E-state index contributed by atoms with van der Waals surface area (Å²) in [7, 11) is 0. The number of carbonyl (C=O) groups excluding carboxylic acids is 1. The first-order valence-corrected chi connectivity index (χ1v) is 7.76. The maximum absolute atomic E-state index is 12.0. The van der Waals surface area contributed by atoms with Gasteiger partial charge in [0.2, 0.25) is 0 Å². The average Bonchev–Trinajstić information content (AvgIpc) is 2.99. The summed E-state index contributed by atoms with van der Waals surface area (Å²) in [6.07, 6.45) is 0. The van der Waals surface area contributed by atoms with Crippen molar-refractivity contribution in [1.82, 2.24) is 15.2 Å². The van der Waals surface area contributed by atoms with Crippen molar-refractivity contribution in [3.8, 4) is 16.9 Å². The van der Waals surface area contributed by atoms with Crippen molar-refractivity contribution in [2.75, 3.05) is 0 Å². The van der Waals surface area contributed by atoms with Gasteiger partial charge < -0.3 is 0 Å². The summed E-state index contributed by atoms with van der Waals surface area (Å²) >= 11 is 0. The third-order valence-corrected chi connectivity index (χ3v) is 4.07. The molecule has 0 bridgehead atoms. The van der Waals surface area contributed by atoms with Crippen LogP contribution in [0.4, 0.5) is 0 Å². The molecule has 24 heavy (non-hydrogen) atoms. The normalized spacial score (nSPS) is 10.7. The Morgan fingerprint density at radius 1 is 1.04 bits per heavy atom. The molecule has 0 aliphatic carbocycles. The minimum absolute atomic E-state index is 0.288. The SMILES string of the molecule is Cc1ccc(-c2cc(C(=O)NN)nn2-c2ccccc2C)c(C)c1. The van der Waals surface area contributed by atoms with Crippen LogP contribution in [-0.2, 0) is 0 Å². The molecule has 3 N–H and O–H groups in total. The summed E-state index contributed by atoms with van der Waals surface area (Å²) in [6, 6.07) is 15.9. The summed E-state index contributed by atoms with van der Waals surface area (Å²) in [6.45, 7) is 6.13. The van der Waals surface area contributed by atoms with E-state index in [0.717, 1.165) is 28.1 Å². The van der Waals surface area contributed by atoms with Crippen LogP contribution in [0.1, 0.15) is 27.2 Å². The quantitative estimate of drug-likeness (QED) is 0.442. The number of benzene rings is 2. The van der Waals surface area contributed by atoms with Crippen molar-refractivity contribution in [3.05, 3.63) is 70.9 Å². The van der Waals surface area contributed by atoms with Gasteiger partial charge in [0, 0.05) is 5.56 Å². The van der Waals surface area contributed by atoms with E-state index in [4.69, 9.17) is 5.84 Å². The van der Waals surface area contributed by atoms with Gasteiger partial charge in [0.1, 0.15) is 0 Å². The van der Waals surface area contributed by atoms with Gasteiger partial charge in [0.15, 0.2) is 5.69 Å². The number of carbonyl (C=O) groups is 1. The number of rotatable bonds is 3. The van der Waals surface area contributed by atoms with Gasteiger partial charge in [-0.2, -0.15) is 5.10 Å². The Kier molecular flexibility index (Phi) is 4.18. The van der Waals surface area contributed by atoms with Crippen molar-refractivity contribution in [2.24, 2.45) is 5.84 Å². The number of hydrazine groups is 1. The summed E-state index contributed by atoms with van der Waals surface area (Å²) in [5, 5.41) is 4.48. The molecule has 0 atom stereocenters. The molecule has 0 aliphatic rings. The maximum Gasteiger partial charge on any atom is 0.285 e. The number of aryl methyl sites for hydroxylation is 3. The highest BCUT2D eigenvalue weighted by Gasteiger charge is 2.18. The molecule has 122 valence electrons. The zero-order valence-corrected chi connectivity index (χ0v) is 14.0. The van der Waals surface area contributed by atoms with Gasteiger partial charge in [-0.1, -0.05) is 42.0 Å². The van der Waals surface area contributed by atoms with Crippen molar-refractivity contribution >= 4 is 5.91 Å². The lowest BCUT2D eigenvalue weighted by atomic mass is 10.0. The Morgan fingerprint density at radius 2 is 1.79 bits per heavy atom. The van der Waals surface area contributed by atoms with Crippen LogP contribution in [0, 0.1) is 20.8 Å². The molecule has 0 spiro atoms. The van der Waals surface area contributed by atoms with Crippen LogP contribution in [0.25, 0.3) is 16.9 Å². The van der Waals surface area contributed by atoms with Crippen LogP contribution in [0.3, 0.4) is 0 Å². The minimum atomic E-state index is -0.409. The second kappa shape index (κ2) is 6.29. The van der Waals surface area contributed by atoms with Crippen LogP contribution < -0.4 is 11.3 Å². The first-order chi connectivity index (χ1) is 11.5. The molecule has 3 aromatic rings. The zero-order chi connectivity index (χ0) is 17.3. The van der Waals surface area contributed by atoms with Crippen molar-refractivity contribution < 1.29 is 4.79 Å². The van der Waals surface area contributed by atoms with E-state index in [1.807, 2.05) is 31.2 Å². The van der Waals surface area contributed by atoms with Crippen LogP contribution in [0.5, 0.6) is 0 Å². The maximum atomic E-state index is 12.0. The fraction of sp³-hybridized carbons (Fsp3) is 0.158. The zero-order valence-electron chi connectivity index (χ0n) is 14.0. The molecule has 0 aliphatic heterocycles. The lowest BCUT2D eigenvalue weighted by Crippen LogP contribution is -2.30. The molecule has 1 heterocycles. The van der Waals surface area contributed by atoms with E-state index in [1.54, 1.807) is 10.7 Å². The third-order valence-electron chi connectivity index (χ3n) is 4.07. The largest absolute Gasteiger partial charge is 0.289 e. The van der Waals surface area contributed by atoms with E-state index in [-0.39, 0.29) is 5.69 Å². The van der Waals surface area contributed by atoms with Gasteiger partial charge >= 0.3 is 0 Å². The first-order valence-electron chi connectivity index (χ1n) is 7.76. The lowest BCUT2D eigenvalue weighted by molar-refractivity contribution is 0.0948.